The van der Waals surface area contributed by atoms with Crippen molar-refractivity contribution in [3.63, 3.8) is 0 Å². The maximum Gasteiger partial charge on any atom is 0.123 e. The predicted molar refractivity (Wildman–Crippen MR) is 75.1 cm³/mol. The fourth-order valence-electron chi connectivity index (χ4n) is 2.64. The maximum atomic E-state index is 5.45. The molecule has 0 aromatic heterocycles. The van der Waals surface area contributed by atoms with Crippen LogP contribution in [0.25, 0.3) is 0 Å². The molecule has 1 aromatic carbocycles. The van der Waals surface area contributed by atoms with E-state index in [0.29, 0.717) is 6.04 Å². The van der Waals surface area contributed by atoms with Gasteiger partial charge in [0.1, 0.15) is 5.75 Å². The second kappa shape index (κ2) is 6.21. The highest BCUT2D eigenvalue weighted by Crippen LogP contribution is 2.22. The number of nitrogens with one attached hydrogen (secondary N) is 1. The SMILES string of the molecule is COc1ccc(C)cc1CN(C)C1CCCNC1. The molecular formula is C15H24N2O. The van der Waals surface area contributed by atoms with Crippen molar-refractivity contribution in [1.29, 1.82) is 0 Å². The molecule has 3 heteroatoms. The van der Waals surface area contributed by atoms with Crippen LogP contribution in [0.4, 0.5) is 0 Å². The Labute approximate surface area is 110 Å². The molecule has 3 nitrogen and oxygen atoms in total. The van der Waals surface area contributed by atoms with Crippen molar-refractivity contribution in [1.82, 2.24) is 10.2 Å². The number of hydrogen-bond donors (Lipinski definition) is 1. The van der Waals surface area contributed by atoms with Crippen molar-refractivity contribution in [2.75, 3.05) is 27.2 Å². The van der Waals surface area contributed by atoms with Gasteiger partial charge in [-0.2, -0.15) is 0 Å². The number of nitrogens with zero attached hydrogens (tertiary/aromatic N) is 1. The highest BCUT2D eigenvalue weighted by molar-refractivity contribution is 5.36. The van der Waals surface area contributed by atoms with Crippen LogP contribution in [0.3, 0.4) is 0 Å². The first kappa shape index (κ1) is 13.4. The number of benzene rings is 1. The third kappa shape index (κ3) is 3.24. The van der Waals surface area contributed by atoms with Crippen molar-refractivity contribution >= 4 is 0 Å². The molecular weight excluding hydrogens is 224 g/mol. The zero-order valence-corrected chi connectivity index (χ0v) is 11.7. The number of hydrogen-bond acceptors (Lipinski definition) is 3. The molecule has 0 saturated carbocycles. The van der Waals surface area contributed by atoms with Gasteiger partial charge in [0.05, 0.1) is 7.11 Å². The molecule has 0 spiro atoms. The molecule has 1 aliphatic heterocycles. The van der Waals surface area contributed by atoms with Crippen LogP contribution in [0.1, 0.15) is 24.0 Å². The smallest absolute Gasteiger partial charge is 0.123 e. The molecule has 1 aliphatic rings. The van der Waals surface area contributed by atoms with Crippen LogP contribution in [-0.4, -0.2) is 38.2 Å². The molecule has 0 radical (unpaired) electrons. The standard InChI is InChI=1S/C15H24N2O/c1-12-6-7-15(18-3)13(9-12)11-17(2)14-5-4-8-16-10-14/h6-7,9,14,16H,4-5,8,10-11H2,1-3H3. The number of methoxy groups -OCH3 is 1. The summed E-state index contributed by atoms with van der Waals surface area (Å²) < 4.78 is 5.45. The van der Waals surface area contributed by atoms with Gasteiger partial charge in [-0.15, -0.1) is 0 Å². The summed E-state index contributed by atoms with van der Waals surface area (Å²) in [5.74, 6) is 0.996. The Bertz CT molecular complexity index is 386. The van der Waals surface area contributed by atoms with Crippen molar-refractivity contribution in [2.24, 2.45) is 0 Å². The molecule has 1 aromatic rings. The molecule has 1 saturated heterocycles. The Hall–Kier alpha value is -1.06. The summed E-state index contributed by atoms with van der Waals surface area (Å²) >= 11 is 0. The van der Waals surface area contributed by atoms with E-state index in [9.17, 15) is 0 Å². The zero-order chi connectivity index (χ0) is 13.0. The van der Waals surface area contributed by atoms with Gasteiger partial charge in [0.25, 0.3) is 0 Å². The van der Waals surface area contributed by atoms with Crippen molar-refractivity contribution < 1.29 is 4.74 Å². The Morgan fingerprint density at radius 1 is 1.44 bits per heavy atom. The first-order valence-electron chi connectivity index (χ1n) is 6.75. The summed E-state index contributed by atoms with van der Waals surface area (Å²) in [6.45, 7) is 5.35. The molecule has 2 rings (SSSR count). The van der Waals surface area contributed by atoms with Crippen molar-refractivity contribution in [2.45, 2.75) is 32.4 Å². The van der Waals surface area contributed by atoms with E-state index in [1.54, 1.807) is 7.11 Å². The lowest BCUT2D eigenvalue weighted by Gasteiger charge is -2.32. The monoisotopic (exact) mass is 248 g/mol. The summed E-state index contributed by atoms with van der Waals surface area (Å²) in [6.07, 6.45) is 2.57. The number of rotatable bonds is 4. The summed E-state index contributed by atoms with van der Waals surface area (Å²) in [7, 11) is 3.95. The van der Waals surface area contributed by atoms with Crippen LogP contribution in [0, 0.1) is 6.92 Å². The van der Waals surface area contributed by atoms with Gasteiger partial charge < -0.3 is 10.1 Å². The molecule has 18 heavy (non-hydrogen) atoms. The summed E-state index contributed by atoms with van der Waals surface area (Å²) in [4.78, 5) is 2.43. The van der Waals surface area contributed by atoms with E-state index in [2.05, 4.69) is 42.4 Å². The van der Waals surface area contributed by atoms with Crippen LogP contribution >= 0.6 is 0 Å². The molecule has 100 valence electrons. The van der Waals surface area contributed by atoms with Gasteiger partial charge in [0.15, 0.2) is 0 Å². The van der Waals surface area contributed by atoms with E-state index in [4.69, 9.17) is 4.74 Å². The first-order chi connectivity index (χ1) is 8.70. The average Bonchev–Trinajstić information content (AvgIpc) is 2.40. The van der Waals surface area contributed by atoms with Crippen LogP contribution < -0.4 is 10.1 Å². The normalized spacial score (nSPS) is 20.1. The molecule has 0 amide bonds. The van der Waals surface area contributed by atoms with Gasteiger partial charge in [-0.25, -0.2) is 0 Å². The van der Waals surface area contributed by atoms with E-state index < -0.39 is 0 Å². The van der Waals surface area contributed by atoms with Crippen LogP contribution in [0.15, 0.2) is 18.2 Å². The Morgan fingerprint density at radius 3 is 2.94 bits per heavy atom. The van der Waals surface area contributed by atoms with E-state index in [1.807, 2.05) is 0 Å². The van der Waals surface area contributed by atoms with E-state index in [1.165, 1.54) is 24.0 Å². The Kier molecular flexibility index (Phi) is 4.61. The van der Waals surface area contributed by atoms with Crippen molar-refractivity contribution in [3.05, 3.63) is 29.3 Å². The third-order valence-electron chi connectivity index (χ3n) is 3.75. The summed E-state index contributed by atoms with van der Waals surface area (Å²) in [5.41, 5.74) is 2.58. The molecule has 1 fully saturated rings. The Balaban J connectivity index is 2.05. The van der Waals surface area contributed by atoms with Crippen molar-refractivity contribution in [3.8, 4) is 5.75 Å². The minimum atomic E-state index is 0.643. The maximum absolute atomic E-state index is 5.45. The largest absolute Gasteiger partial charge is 0.496 e. The Morgan fingerprint density at radius 2 is 2.28 bits per heavy atom. The molecule has 1 atom stereocenters. The molecule has 1 unspecified atom stereocenters. The second-order valence-corrected chi connectivity index (χ2v) is 5.23. The highest BCUT2D eigenvalue weighted by Gasteiger charge is 2.18. The van der Waals surface area contributed by atoms with E-state index >= 15 is 0 Å². The number of aryl methyl sites for hydroxylation is 1. The topological polar surface area (TPSA) is 24.5 Å². The first-order valence-corrected chi connectivity index (χ1v) is 6.75. The van der Waals surface area contributed by atoms with Gasteiger partial charge in [-0.3, -0.25) is 4.90 Å². The molecule has 0 bridgehead atoms. The molecule has 0 aliphatic carbocycles. The van der Waals surface area contributed by atoms with Crippen LogP contribution in [-0.2, 0) is 6.54 Å². The number of piperidine rings is 1. The van der Waals surface area contributed by atoms with E-state index in [-0.39, 0.29) is 0 Å². The van der Waals surface area contributed by atoms with Gasteiger partial charge in [0.2, 0.25) is 0 Å². The second-order valence-electron chi connectivity index (χ2n) is 5.23. The zero-order valence-electron chi connectivity index (χ0n) is 11.7. The van der Waals surface area contributed by atoms with E-state index in [0.717, 1.165) is 25.4 Å². The quantitative estimate of drug-likeness (QED) is 0.884. The molecule has 1 N–H and O–H groups in total. The predicted octanol–water partition coefficient (Wildman–Crippen LogP) is 2.19. The fraction of sp³-hybridized carbons (Fsp3) is 0.600. The van der Waals surface area contributed by atoms with Gasteiger partial charge in [-0.1, -0.05) is 17.7 Å². The average molecular weight is 248 g/mol. The minimum absolute atomic E-state index is 0.643. The summed E-state index contributed by atoms with van der Waals surface area (Å²) in [5, 5.41) is 3.47. The van der Waals surface area contributed by atoms with Crippen LogP contribution in [0.2, 0.25) is 0 Å². The lowest BCUT2D eigenvalue weighted by atomic mass is 10.0. The lowest BCUT2D eigenvalue weighted by molar-refractivity contribution is 0.194. The lowest BCUT2D eigenvalue weighted by Crippen LogP contribution is -2.43. The van der Waals surface area contributed by atoms with Gasteiger partial charge in [-0.05, 0) is 39.4 Å². The van der Waals surface area contributed by atoms with Gasteiger partial charge >= 0.3 is 0 Å². The fourth-order valence-corrected chi connectivity index (χ4v) is 2.64. The van der Waals surface area contributed by atoms with Crippen LogP contribution in [0.5, 0.6) is 5.75 Å². The van der Waals surface area contributed by atoms with Gasteiger partial charge in [0, 0.05) is 24.7 Å². The number of likely N-dealkylation sites (N-methyl/N-ethyl adjacent to an activating group) is 1. The molecule has 1 heterocycles. The highest BCUT2D eigenvalue weighted by atomic mass is 16.5. The summed E-state index contributed by atoms with van der Waals surface area (Å²) in [6, 6.07) is 7.04. The number of ether oxygens (including phenoxy) is 1. The third-order valence-corrected chi connectivity index (χ3v) is 3.75. The minimum Gasteiger partial charge on any atom is -0.496 e.